The quantitative estimate of drug-likeness (QED) is 0.857. The van der Waals surface area contributed by atoms with Crippen molar-refractivity contribution >= 4 is 17.2 Å². The molecule has 1 N–H and O–H groups in total. The summed E-state index contributed by atoms with van der Waals surface area (Å²) in [6, 6.07) is 6.24. The van der Waals surface area contributed by atoms with Gasteiger partial charge in [0.2, 0.25) is 0 Å². The van der Waals surface area contributed by atoms with Gasteiger partial charge in [0.05, 0.1) is 6.42 Å². The van der Waals surface area contributed by atoms with Gasteiger partial charge < -0.3 is 10.0 Å². The van der Waals surface area contributed by atoms with Gasteiger partial charge in [-0.3, -0.25) is 0 Å². The van der Waals surface area contributed by atoms with Crippen LogP contribution in [0, 0.1) is 0 Å². The highest BCUT2D eigenvalue weighted by molar-refractivity contribution is 5.90. The highest BCUT2D eigenvalue weighted by Crippen LogP contribution is 2.31. The molecule has 6 heteroatoms. The van der Waals surface area contributed by atoms with Crippen LogP contribution in [0.15, 0.2) is 30.3 Å². The Morgan fingerprint density at radius 2 is 1.79 bits per heavy atom. The van der Waals surface area contributed by atoms with Gasteiger partial charge >= 0.3 is 12.1 Å². The second kappa shape index (κ2) is 5.77. The minimum atomic E-state index is -4.44. The molecular formula is C13H14F3NO2. The van der Waals surface area contributed by atoms with E-state index in [2.05, 4.69) is 0 Å². The SMILES string of the molecule is CN(C)c1ccc(/C(=C/C(=O)O)CC(F)(F)F)cc1. The number of anilines is 1. The molecule has 0 amide bonds. The second-order valence-electron chi connectivity index (χ2n) is 4.24. The van der Waals surface area contributed by atoms with Gasteiger partial charge in [0.15, 0.2) is 0 Å². The summed E-state index contributed by atoms with van der Waals surface area (Å²) in [5, 5.41) is 8.63. The Morgan fingerprint density at radius 3 is 2.16 bits per heavy atom. The Morgan fingerprint density at radius 1 is 1.26 bits per heavy atom. The number of carbonyl (C=O) groups is 1. The average Bonchev–Trinajstić information content (AvgIpc) is 2.25. The van der Waals surface area contributed by atoms with Crippen molar-refractivity contribution in [2.24, 2.45) is 0 Å². The van der Waals surface area contributed by atoms with E-state index in [0.29, 0.717) is 6.08 Å². The van der Waals surface area contributed by atoms with E-state index < -0.39 is 18.6 Å². The van der Waals surface area contributed by atoms with E-state index in [1.165, 1.54) is 12.1 Å². The summed E-state index contributed by atoms with van der Waals surface area (Å²) < 4.78 is 37.2. The molecule has 104 valence electrons. The summed E-state index contributed by atoms with van der Waals surface area (Å²) in [5.74, 6) is -1.39. The van der Waals surface area contributed by atoms with Crippen LogP contribution in [0.4, 0.5) is 18.9 Å². The second-order valence-corrected chi connectivity index (χ2v) is 4.24. The fourth-order valence-electron chi connectivity index (χ4n) is 1.58. The van der Waals surface area contributed by atoms with Crippen molar-refractivity contribution < 1.29 is 23.1 Å². The Bertz CT molecular complexity index is 476. The molecule has 0 spiro atoms. The maximum atomic E-state index is 12.4. The molecule has 0 fully saturated rings. The van der Waals surface area contributed by atoms with Crippen LogP contribution in [0.1, 0.15) is 12.0 Å². The highest BCUT2D eigenvalue weighted by Gasteiger charge is 2.29. The number of carboxylic acid groups (broad SMARTS) is 1. The average molecular weight is 273 g/mol. The molecule has 0 aromatic heterocycles. The first-order chi connectivity index (χ1) is 8.69. The lowest BCUT2D eigenvalue weighted by Crippen LogP contribution is -2.10. The molecule has 0 aliphatic carbocycles. The zero-order chi connectivity index (χ0) is 14.6. The monoisotopic (exact) mass is 273 g/mol. The normalized spacial score (nSPS) is 12.4. The highest BCUT2D eigenvalue weighted by atomic mass is 19.4. The van der Waals surface area contributed by atoms with Gasteiger partial charge in [0.1, 0.15) is 0 Å². The van der Waals surface area contributed by atoms with Crippen molar-refractivity contribution in [3.63, 3.8) is 0 Å². The van der Waals surface area contributed by atoms with E-state index in [4.69, 9.17) is 5.11 Å². The van der Waals surface area contributed by atoms with Crippen LogP contribution in [0.25, 0.3) is 5.57 Å². The van der Waals surface area contributed by atoms with Crippen molar-refractivity contribution in [3.05, 3.63) is 35.9 Å². The number of benzene rings is 1. The molecular weight excluding hydrogens is 259 g/mol. The molecule has 0 saturated heterocycles. The molecule has 1 aromatic rings. The predicted octanol–water partition coefficient (Wildman–Crippen LogP) is 3.17. The number of rotatable bonds is 4. The van der Waals surface area contributed by atoms with Gasteiger partial charge in [-0.15, -0.1) is 0 Å². The van der Waals surface area contributed by atoms with Crippen LogP contribution in [-0.2, 0) is 4.79 Å². The standard InChI is InChI=1S/C13H14F3NO2/c1-17(2)11-5-3-9(4-6-11)10(7-12(18)19)8-13(14,15)16/h3-7H,8H2,1-2H3,(H,18,19)/b10-7+. The molecule has 0 aliphatic heterocycles. The van der Waals surface area contributed by atoms with Crippen LogP contribution in [0.3, 0.4) is 0 Å². The summed E-state index contributed by atoms with van der Waals surface area (Å²) in [6.45, 7) is 0. The van der Waals surface area contributed by atoms with Crippen molar-refractivity contribution in [2.45, 2.75) is 12.6 Å². The van der Waals surface area contributed by atoms with Gasteiger partial charge in [-0.05, 0) is 23.3 Å². The third-order valence-corrected chi connectivity index (χ3v) is 2.44. The topological polar surface area (TPSA) is 40.5 Å². The number of allylic oxidation sites excluding steroid dienone is 1. The van der Waals surface area contributed by atoms with Crippen molar-refractivity contribution in [2.75, 3.05) is 19.0 Å². The number of hydrogen-bond donors (Lipinski definition) is 1. The van der Waals surface area contributed by atoms with Crippen LogP contribution in [-0.4, -0.2) is 31.3 Å². The lowest BCUT2D eigenvalue weighted by molar-refractivity contribution is -0.131. The number of halogens is 3. The number of nitrogens with zero attached hydrogens (tertiary/aromatic N) is 1. The molecule has 19 heavy (non-hydrogen) atoms. The summed E-state index contributed by atoms with van der Waals surface area (Å²) in [5.41, 5.74) is 0.820. The van der Waals surface area contributed by atoms with Crippen molar-refractivity contribution in [1.82, 2.24) is 0 Å². The van der Waals surface area contributed by atoms with Gasteiger partial charge in [-0.1, -0.05) is 12.1 Å². The van der Waals surface area contributed by atoms with E-state index in [-0.39, 0.29) is 11.1 Å². The third-order valence-electron chi connectivity index (χ3n) is 2.44. The van der Waals surface area contributed by atoms with E-state index in [1.54, 1.807) is 31.1 Å². The first-order valence-corrected chi connectivity index (χ1v) is 5.47. The van der Waals surface area contributed by atoms with Crippen LogP contribution in [0.2, 0.25) is 0 Å². The van der Waals surface area contributed by atoms with Crippen molar-refractivity contribution in [1.29, 1.82) is 0 Å². The molecule has 1 aromatic carbocycles. The Balaban J connectivity index is 3.08. The molecule has 0 radical (unpaired) electrons. The van der Waals surface area contributed by atoms with Gasteiger partial charge in [-0.2, -0.15) is 13.2 Å². The maximum absolute atomic E-state index is 12.4. The van der Waals surface area contributed by atoms with E-state index in [1.807, 2.05) is 0 Å². The van der Waals surface area contributed by atoms with Crippen LogP contribution < -0.4 is 4.90 Å². The largest absolute Gasteiger partial charge is 0.478 e. The number of aliphatic carboxylic acids is 1. The number of hydrogen-bond acceptors (Lipinski definition) is 2. The Kier molecular flexibility index (Phi) is 4.58. The first-order valence-electron chi connectivity index (χ1n) is 5.47. The summed E-state index contributed by atoms with van der Waals surface area (Å²) in [4.78, 5) is 12.4. The smallest absolute Gasteiger partial charge is 0.393 e. The summed E-state index contributed by atoms with van der Waals surface area (Å²) >= 11 is 0. The molecule has 0 saturated carbocycles. The third kappa shape index (κ3) is 5.03. The fourth-order valence-corrected chi connectivity index (χ4v) is 1.58. The van der Waals surface area contributed by atoms with Crippen LogP contribution in [0.5, 0.6) is 0 Å². The van der Waals surface area contributed by atoms with Crippen LogP contribution >= 0.6 is 0 Å². The zero-order valence-electron chi connectivity index (χ0n) is 10.5. The van der Waals surface area contributed by atoms with Crippen molar-refractivity contribution in [3.8, 4) is 0 Å². The zero-order valence-corrected chi connectivity index (χ0v) is 10.5. The van der Waals surface area contributed by atoms with Gasteiger partial charge in [-0.25, -0.2) is 4.79 Å². The van der Waals surface area contributed by atoms with E-state index in [9.17, 15) is 18.0 Å². The minimum Gasteiger partial charge on any atom is -0.478 e. The Hall–Kier alpha value is -1.98. The summed E-state index contributed by atoms with van der Waals surface area (Å²) in [6.07, 6.45) is -5.11. The molecule has 1 rings (SSSR count). The molecule has 0 bridgehead atoms. The lowest BCUT2D eigenvalue weighted by atomic mass is 10.0. The van der Waals surface area contributed by atoms with E-state index >= 15 is 0 Å². The lowest BCUT2D eigenvalue weighted by Gasteiger charge is -2.14. The fraction of sp³-hybridized carbons (Fsp3) is 0.308. The minimum absolute atomic E-state index is 0.255. The molecule has 0 unspecified atom stereocenters. The van der Waals surface area contributed by atoms with Gasteiger partial charge in [0, 0.05) is 25.9 Å². The molecule has 0 atom stereocenters. The predicted molar refractivity (Wildman–Crippen MR) is 67.1 cm³/mol. The number of carboxylic acids is 1. The molecule has 3 nitrogen and oxygen atoms in total. The molecule has 0 aliphatic rings. The van der Waals surface area contributed by atoms with Gasteiger partial charge in [0.25, 0.3) is 0 Å². The number of alkyl halides is 3. The molecule has 0 heterocycles. The van der Waals surface area contributed by atoms with E-state index in [0.717, 1.165) is 5.69 Å². The summed E-state index contributed by atoms with van der Waals surface area (Å²) in [7, 11) is 3.61. The Labute approximate surface area is 109 Å². The maximum Gasteiger partial charge on any atom is 0.393 e. The first kappa shape index (κ1) is 15.1.